The third-order valence-corrected chi connectivity index (χ3v) is 7.17. The van der Waals surface area contributed by atoms with Gasteiger partial charge in [0.25, 0.3) is 0 Å². The van der Waals surface area contributed by atoms with Crippen molar-refractivity contribution in [3.63, 3.8) is 0 Å². The molecule has 1 saturated heterocycles. The van der Waals surface area contributed by atoms with Gasteiger partial charge in [0.15, 0.2) is 0 Å². The van der Waals surface area contributed by atoms with E-state index >= 15 is 4.39 Å². The van der Waals surface area contributed by atoms with Gasteiger partial charge in [0, 0.05) is 17.0 Å². The van der Waals surface area contributed by atoms with E-state index in [1.807, 2.05) is 18.2 Å². The fraction of sp³-hybridized carbons (Fsp3) is 0.500. The maximum Gasteiger partial charge on any atom is 0.303 e. The number of hydrogen-bond donors (Lipinski definition) is 2. The third kappa shape index (κ3) is 5.38. The molecule has 3 aromatic rings. The molecule has 0 spiro atoms. The van der Waals surface area contributed by atoms with Crippen LogP contribution in [-0.2, 0) is 5.92 Å². The summed E-state index contributed by atoms with van der Waals surface area (Å²) in [6.45, 7) is 8.45. The first-order chi connectivity index (χ1) is 17.3. The van der Waals surface area contributed by atoms with Crippen molar-refractivity contribution in [1.82, 2.24) is 14.9 Å². The van der Waals surface area contributed by atoms with Gasteiger partial charge in [-0.25, -0.2) is 14.4 Å². The number of alkyl halides is 2. The van der Waals surface area contributed by atoms with Crippen LogP contribution in [0.5, 0.6) is 5.75 Å². The number of anilines is 1. The van der Waals surface area contributed by atoms with Crippen molar-refractivity contribution < 1.29 is 23.0 Å². The minimum Gasteiger partial charge on any atom is -0.489 e. The number of hydrogen-bond acceptors (Lipinski definition) is 6. The Balaban J connectivity index is 1.65. The molecule has 1 fully saturated rings. The minimum absolute atomic E-state index is 0.0130. The molecular formula is C28H35F3N4O2. The van der Waals surface area contributed by atoms with E-state index in [9.17, 15) is 13.9 Å². The summed E-state index contributed by atoms with van der Waals surface area (Å²) in [6, 6.07) is 9.01. The summed E-state index contributed by atoms with van der Waals surface area (Å²) in [5.74, 6) is -3.21. The maximum absolute atomic E-state index is 15.3. The zero-order chi connectivity index (χ0) is 27.1. The standard InChI is InChI=1S/C28H35F3N4O2/c1-16(20-9-7-10-22(25(20)29)28(30,31)27(4,5)36)32-26-21-15-19(12-13-23(21)33-18(3)34-26)37-17(2)24-11-8-14-35(24)6/h7,9-10,12-13,15-17,24,36H,8,11,14H2,1-6H3,(H,32,33,34)/t16-,17-,24+/m1/s1. The summed E-state index contributed by atoms with van der Waals surface area (Å²) in [7, 11) is 2.10. The molecule has 37 heavy (non-hydrogen) atoms. The quantitative estimate of drug-likeness (QED) is 0.384. The molecule has 4 rings (SSSR count). The Morgan fingerprint density at radius 2 is 1.89 bits per heavy atom. The first-order valence-corrected chi connectivity index (χ1v) is 12.6. The number of rotatable bonds is 8. The van der Waals surface area contributed by atoms with Gasteiger partial charge >= 0.3 is 5.92 Å². The van der Waals surface area contributed by atoms with Crippen molar-refractivity contribution >= 4 is 16.7 Å². The van der Waals surface area contributed by atoms with Gasteiger partial charge in [-0.05, 0) is 85.3 Å². The summed E-state index contributed by atoms with van der Waals surface area (Å²) < 4.78 is 51.2. The Morgan fingerprint density at radius 1 is 1.16 bits per heavy atom. The highest BCUT2D eigenvalue weighted by Crippen LogP contribution is 2.41. The largest absolute Gasteiger partial charge is 0.489 e. The normalized spacial score (nSPS) is 18.7. The molecule has 1 aromatic heterocycles. The van der Waals surface area contributed by atoms with Gasteiger partial charge in [0.1, 0.15) is 34.9 Å². The van der Waals surface area contributed by atoms with Crippen LogP contribution in [-0.4, -0.2) is 51.3 Å². The van der Waals surface area contributed by atoms with Gasteiger partial charge in [-0.3, -0.25) is 4.90 Å². The second-order valence-electron chi connectivity index (χ2n) is 10.5. The van der Waals surface area contributed by atoms with E-state index in [2.05, 4.69) is 34.2 Å². The van der Waals surface area contributed by atoms with E-state index in [0.29, 0.717) is 34.3 Å². The van der Waals surface area contributed by atoms with Crippen molar-refractivity contribution in [2.24, 2.45) is 0 Å². The number of aliphatic hydroxyl groups is 1. The highest BCUT2D eigenvalue weighted by atomic mass is 19.3. The van der Waals surface area contributed by atoms with Gasteiger partial charge in [0.2, 0.25) is 0 Å². The van der Waals surface area contributed by atoms with Crippen LogP contribution in [0, 0.1) is 12.7 Å². The van der Waals surface area contributed by atoms with Crippen LogP contribution >= 0.6 is 0 Å². The molecule has 2 N–H and O–H groups in total. The average molecular weight is 517 g/mol. The molecule has 0 aliphatic carbocycles. The molecule has 0 saturated carbocycles. The van der Waals surface area contributed by atoms with Crippen molar-refractivity contribution in [2.45, 2.75) is 77.2 Å². The second kappa shape index (κ2) is 10.1. The number of fused-ring (bicyclic) bond motifs is 1. The lowest BCUT2D eigenvalue weighted by molar-refractivity contribution is -0.170. The Morgan fingerprint density at radius 3 is 2.54 bits per heavy atom. The van der Waals surface area contributed by atoms with Crippen molar-refractivity contribution in [3.05, 3.63) is 59.2 Å². The number of benzene rings is 2. The van der Waals surface area contributed by atoms with Gasteiger partial charge in [-0.1, -0.05) is 12.1 Å². The van der Waals surface area contributed by atoms with Gasteiger partial charge in [0.05, 0.1) is 17.1 Å². The molecule has 3 atom stereocenters. The smallest absolute Gasteiger partial charge is 0.303 e. The fourth-order valence-electron chi connectivity index (χ4n) is 4.97. The zero-order valence-electron chi connectivity index (χ0n) is 22.1. The average Bonchev–Trinajstić information content (AvgIpc) is 3.24. The fourth-order valence-corrected chi connectivity index (χ4v) is 4.97. The molecular weight excluding hydrogens is 481 g/mol. The van der Waals surface area contributed by atoms with Crippen molar-refractivity contribution in [3.8, 4) is 5.75 Å². The zero-order valence-corrected chi connectivity index (χ0v) is 22.1. The van der Waals surface area contributed by atoms with Crippen LogP contribution in [0.15, 0.2) is 36.4 Å². The molecule has 200 valence electrons. The SMILES string of the molecule is Cc1nc(N[C@H](C)c2cccc(C(F)(F)C(C)(C)O)c2F)c2cc(O[C@H](C)[C@@H]3CCCN3C)ccc2n1. The molecule has 2 heterocycles. The van der Waals surface area contributed by atoms with Crippen LogP contribution in [0.2, 0.25) is 0 Å². The molecule has 0 bridgehead atoms. The lowest BCUT2D eigenvalue weighted by Crippen LogP contribution is -2.41. The number of aromatic nitrogens is 2. The van der Waals surface area contributed by atoms with Crippen molar-refractivity contribution in [1.29, 1.82) is 0 Å². The van der Waals surface area contributed by atoms with E-state index in [1.54, 1.807) is 13.8 Å². The van der Waals surface area contributed by atoms with Crippen LogP contribution in [0.3, 0.4) is 0 Å². The van der Waals surface area contributed by atoms with E-state index in [0.717, 1.165) is 39.3 Å². The highest BCUT2D eigenvalue weighted by Gasteiger charge is 2.49. The predicted octanol–water partition coefficient (Wildman–Crippen LogP) is 5.97. The lowest BCUT2D eigenvalue weighted by atomic mass is 9.91. The van der Waals surface area contributed by atoms with Gasteiger partial charge in [-0.15, -0.1) is 0 Å². The summed E-state index contributed by atoms with van der Waals surface area (Å²) in [5, 5.41) is 13.8. The Labute approximate surface area is 215 Å². The van der Waals surface area contributed by atoms with Crippen LogP contribution < -0.4 is 10.1 Å². The van der Waals surface area contributed by atoms with Crippen LogP contribution in [0.25, 0.3) is 10.9 Å². The minimum atomic E-state index is -3.78. The second-order valence-corrected chi connectivity index (χ2v) is 10.5. The predicted molar refractivity (Wildman–Crippen MR) is 139 cm³/mol. The number of nitrogens with zero attached hydrogens (tertiary/aromatic N) is 3. The number of likely N-dealkylation sites (N-methyl/N-ethyl adjacent to an activating group) is 1. The van der Waals surface area contributed by atoms with Crippen LogP contribution in [0.4, 0.5) is 19.0 Å². The molecule has 9 heteroatoms. The number of likely N-dealkylation sites (tertiary alicyclic amines) is 1. The molecule has 6 nitrogen and oxygen atoms in total. The first-order valence-electron chi connectivity index (χ1n) is 12.6. The number of halogens is 3. The summed E-state index contributed by atoms with van der Waals surface area (Å²) in [6.07, 6.45) is 2.21. The monoisotopic (exact) mass is 516 g/mol. The summed E-state index contributed by atoms with van der Waals surface area (Å²) in [4.78, 5) is 11.3. The molecule has 0 amide bonds. The Kier molecular flexibility index (Phi) is 7.41. The van der Waals surface area contributed by atoms with Gasteiger partial charge < -0.3 is 15.2 Å². The number of aryl methyl sites for hydroxylation is 1. The number of nitrogens with one attached hydrogen (secondary N) is 1. The molecule has 2 aromatic carbocycles. The molecule has 0 radical (unpaired) electrons. The maximum atomic E-state index is 15.3. The first kappa shape index (κ1) is 27.1. The Bertz CT molecular complexity index is 1280. The number of ether oxygens (including phenoxy) is 1. The van der Waals surface area contributed by atoms with E-state index in [1.165, 1.54) is 12.1 Å². The lowest BCUT2D eigenvalue weighted by Gasteiger charge is -2.30. The van der Waals surface area contributed by atoms with E-state index in [4.69, 9.17) is 4.74 Å². The summed E-state index contributed by atoms with van der Waals surface area (Å²) >= 11 is 0. The van der Waals surface area contributed by atoms with E-state index < -0.39 is 28.9 Å². The Hall–Kier alpha value is -2.91. The van der Waals surface area contributed by atoms with Crippen molar-refractivity contribution in [2.75, 3.05) is 18.9 Å². The topological polar surface area (TPSA) is 70.5 Å². The molecule has 1 aliphatic rings. The van der Waals surface area contributed by atoms with E-state index in [-0.39, 0.29) is 11.7 Å². The summed E-state index contributed by atoms with van der Waals surface area (Å²) in [5.41, 5.74) is -2.56. The van der Waals surface area contributed by atoms with Gasteiger partial charge in [-0.2, -0.15) is 8.78 Å². The molecule has 0 unspecified atom stereocenters. The third-order valence-electron chi connectivity index (χ3n) is 7.17. The molecule has 1 aliphatic heterocycles. The highest BCUT2D eigenvalue weighted by molar-refractivity contribution is 5.90. The van der Waals surface area contributed by atoms with Crippen LogP contribution in [0.1, 0.15) is 63.5 Å².